The number of hydrogen-bond acceptors (Lipinski definition) is 5. The van der Waals surface area contributed by atoms with Crippen LogP contribution in [0.1, 0.15) is 55.0 Å². The molecule has 1 aliphatic carbocycles. The smallest absolute Gasteiger partial charge is 0.260 e. The van der Waals surface area contributed by atoms with Gasteiger partial charge in [0.1, 0.15) is 35.4 Å². The average molecular weight is 475 g/mol. The van der Waals surface area contributed by atoms with E-state index in [2.05, 4.69) is 31.0 Å². The van der Waals surface area contributed by atoms with Gasteiger partial charge in [-0.05, 0) is 85.5 Å². The van der Waals surface area contributed by atoms with E-state index in [-0.39, 0.29) is 5.56 Å². The monoisotopic (exact) mass is 474 g/mol. The Labute approximate surface area is 203 Å². The van der Waals surface area contributed by atoms with Crippen LogP contribution in [0.3, 0.4) is 0 Å². The lowest BCUT2D eigenvalue weighted by molar-refractivity contribution is 0.217. The van der Waals surface area contributed by atoms with E-state index < -0.39 is 0 Å². The second-order valence-corrected chi connectivity index (χ2v) is 9.99. The number of nitrogens with zero attached hydrogens (tertiary/aromatic N) is 1. The van der Waals surface area contributed by atoms with E-state index in [1.807, 2.05) is 36.4 Å². The molecule has 5 rings (SSSR count). The Morgan fingerprint density at radius 3 is 2.29 bits per heavy atom. The molecule has 0 radical (unpaired) electrons. The van der Waals surface area contributed by atoms with Crippen molar-refractivity contribution in [2.24, 2.45) is 0 Å². The van der Waals surface area contributed by atoms with Crippen LogP contribution in [0.5, 0.6) is 11.5 Å². The number of rotatable bonds is 8. The lowest BCUT2D eigenvalue weighted by Gasteiger charge is -2.11. The van der Waals surface area contributed by atoms with Crippen LogP contribution in [-0.2, 0) is 12.8 Å². The molecule has 0 fully saturated rings. The van der Waals surface area contributed by atoms with Crippen LogP contribution in [0, 0.1) is 0 Å². The van der Waals surface area contributed by atoms with Crippen LogP contribution in [0.25, 0.3) is 21.6 Å². The Morgan fingerprint density at radius 1 is 0.971 bits per heavy atom. The van der Waals surface area contributed by atoms with Gasteiger partial charge in [-0.25, -0.2) is 4.98 Å². The van der Waals surface area contributed by atoms with E-state index in [0.29, 0.717) is 25.0 Å². The summed E-state index contributed by atoms with van der Waals surface area (Å²) in [6.07, 6.45) is 5.52. The quantitative estimate of drug-likeness (QED) is 0.296. The summed E-state index contributed by atoms with van der Waals surface area (Å²) in [6, 6.07) is 16.0. The number of thiophene rings is 1. The highest BCUT2D eigenvalue weighted by atomic mass is 32.1. The summed E-state index contributed by atoms with van der Waals surface area (Å²) < 4.78 is 11.6. The van der Waals surface area contributed by atoms with Crippen LogP contribution in [0.4, 0.5) is 0 Å². The van der Waals surface area contributed by atoms with E-state index in [4.69, 9.17) is 14.5 Å². The minimum absolute atomic E-state index is 0.0333. The first-order chi connectivity index (χ1) is 16.6. The Morgan fingerprint density at radius 2 is 1.62 bits per heavy atom. The maximum atomic E-state index is 12.8. The van der Waals surface area contributed by atoms with Crippen molar-refractivity contribution in [3.8, 4) is 22.9 Å². The van der Waals surface area contributed by atoms with Crippen molar-refractivity contribution in [1.82, 2.24) is 9.97 Å². The molecule has 2 heterocycles. The van der Waals surface area contributed by atoms with Gasteiger partial charge in [-0.3, -0.25) is 4.79 Å². The third kappa shape index (κ3) is 4.73. The molecule has 0 saturated carbocycles. The van der Waals surface area contributed by atoms with Crippen LogP contribution >= 0.6 is 11.3 Å². The SMILES string of the molecule is CCC(C)c1ccc(OCCOc2ccc(-c3nc4sc5c(c4c(=O)[nH]3)CCCC5)cc2)cc1. The lowest BCUT2D eigenvalue weighted by atomic mass is 9.97. The van der Waals surface area contributed by atoms with Crippen molar-refractivity contribution in [2.45, 2.75) is 51.9 Å². The molecule has 0 aliphatic heterocycles. The summed E-state index contributed by atoms with van der Waals surface area (Å²) in [7, 11) is 0. The molecule has 5 nitrogen and oxygen atoms in total. The summed E-state index contributed by atoms with van der Waals surface area (Å²) in [5.74, 6) is 2.78. The van der Waals surface area contributed by atoms with Gasteiger partial charge in [0, 0.05) is 10.4 Å². The van der Waals surface area contributed by atoms with Crippen LogP contribution in [0.2, 0.25) is 0 Å². The Balaban J connectivity index is 1.19. The number of benzene rings is 2. The van der Waals surface area contributed by atoms with E-state index in [1.165, 1.54) is 22.4 Å². The predicted molar refractivity (Wildman–Crippen MR) is 138 cm³/mol. The molecule has 6 heteroatoms. The molecule has 0 saturated heterocycles. The van der Waals surface area contributed by atoms with Crippen LogP contribution < -0.4 is 15.0 Å². The van der Waals surface area contributed by atoms with Crippen molar-refractivity contribution < 1.29 is 9.47 Å². The van der Waals surface area contributed by atoms with E-state index >= 15 is 0 Å². The highest BCUT2D eigenvalue weighted by Gasteiger charge is 2.20. The predicted octanol–water partition coefficient (Wildman–Crippen LogP) is 6.50. The van der Waals surface area contributed by atoms with Gasteiger partial charge in [0.15, 0.2) is 0 Å². The number of ether oxygens (including phenoxy) is 2. The number of aromatic amines is 1. The van der Waals surface area contributed by atoms with E-state index in [9.17, 15) is 4.79 Å². The third-order valence-electron chi connectivity index (χ3n) is 6.64. The molecule has 4 aromatic rings. The van der Waals surface area contributed by atoms with E-state index in [0.717, 1.165) is 53.0 Å². The van der Waals surface area contributed by atoms with Crippen molar-refractivity contribution in [3.63, 3.8) is 0 Å². The minimum Gasteiger partial charge on any atom is -0.490 e. The third-order valence-corrected chi connectivity index (χ3v) is 7.82. The van der Waals surface area contributed by atoms with Gasteiger partial charge < -0.3 is 14.5 Å². The first-order valence-electron chi connectivity index (χ1n) is 12.1. The fourth-order valence-corrected chi connectivity index (χ4v) is 5.72. The number of aryl methyl sites for hydroxylation is 2. The molecular formula is C28H30N2O3S. The second-order valence-electron chi connectivity index (χ2n) is 8.91. The van der Waals surface area contributed by atoms with Gasteiger partial charge in [0.05, 0.1) is 5.39 Å². The molecule has 0 spiro atoms. The molecule has 1 unspecified atom stereocenters. The first kappa shape index (κ1) is 22.7. The maximum absolute atomic E-state index is 12.8. The highest BCUT2D eigenvalue weighted by molar-refractivity contribution is 7.18. The molecule has 176 valence electrons. The highest BCUT2D eigenvalue weighted by Crippen LogP contribution is 2.34. The zero-order chi connectivity index (χ0) is 23.5. The fourth-order valence-electron chi connectivity index (χ4n) is 4.46. The van der Waals surface area contributed by atoms with Gasteiger partial charge >= 0.3 is 0 Å². The Hall–Kier alpha value is -3.12. The average Bonchev–Trinajstić information content (AvgIpc) is 3.26. The maximum Gasteiger partial charge on any atom is 0.260 e. The summed E-state index contributed by atoms with van der Waals surface area (Å²) in [5, 5.41) is 0.790. The van der Waals surface area contributed by atoms with Crippen LogP contribution in [0.15, 0.2) is 53.3 Å². The Kier molecular flexibility index (Phi) is 6.68. The summed E-state index contributed by atoms with van der Waals surface area (Å²) in [5.41, 5.74) is 3.38. The number of nitrogens with one attached hydrogen (secondary N) is 1. The molecule has 34 heavy (non-hydrogen) atoms. The molecule has 2 aromatic carbocycles. The zero-order valence-corrected chi connectivity index (χ0v) is 20.5. The topological polar surface area (TPSA) is 64.2 Å². The second kappa shape index (κ2) is 10.0. The summed E-state index contributed by atoms with van der Waals surface area (Å²) in [4.78, 5) is 22.7. The van der Waals surface area contributed by atoms with Gasteiger partial charge in [-0.1, -0.05) is 26.0 Å². The molecule has 2 aromatic heterocycles. The lowest BCUT2D eigenvalue weighted by Crippen LogP contribution is -2.11. The largest absolute Gasteiger partial charge is 0.490 e. The molecular weight excluding hydrogens is 444 g/mol. The summed E-state index contributed by atoms with van der Waals surface area (Å²) in [6.45, 7) is 5.35. The van der Waals surface area contributed by atoms with E-state index in [1.54, 1.807) is 11.3 Å². The fraction of sp³-hybridized carbons (Fsp3) is 0.357. The minimum atomic E-state index is -0.0333. The summed E-state index contributed by atoms with van der Waals surface area (Å²) >= 11 is 1.67. The first-order valence-corrected chi connectivity index (χ1v) is 12.9. The van der Waals surface area contributed by atoms with Crippen molar-refractivity contribution in [2.75, 3.05) is 13.2 Å². The van der Waals surface area contributed by atoms with Gasteiger partial charge in [0.25, 0.3) is 5.56 Å². The molecule has 0 amide bonds. The number of aromatic nitrogens is 2. The molecule has 1 atom stereocenters. The number of H-pyrrole nitrogens is 1. The van der Waals surface area contributed by atoms with Gasteiger partial charge in [-0.2, -0.15) is 0 Å². The Bertz CT molecular complexity index is 1320. The number of hydrogen-bond donors (Lipinski definition) is 1. The molecule has 1 aliphatic rings. The van der Waals surface area contributed by atoms with Crippen LogP contribution in [-0.4, -0.2) is 23.2 Å². The molecule has 0 bridgehead atoms. The number of fused-ring (bicyclic) bond motifs is 3. The zero-order valence-electron chi connectivity index (χ0n) is 19.7. The van der Waals surface area contributed by atoms with Gasteiger partial charge in [-0.15, -0.1) is 11.3 Å². The van der Waals surface area contributed by atoms with Crippen molar-refractivity contribution in [3.05, 3.63) is 74.9 Å². The molecule has 1 N–H and O–H groups in total. The normalized spacial score (nSPS) is 14.1. The van der Waals surface area contributed by atoms with Crippen molar-refractivity contribution in [1.29, 1.82) is 0 Å². The standard InChI is InChI=1S/C28H30N2O3S/c1-3-18(2)19-8-12-21(13-9-19)32-16-17-33-22-14-10-20(11-15-22)26-29-27(31)25-23-6-4-5-7-24(23)34-28(25)30-26/h8-15,18H,3-7,16-17H2,1-2H3,(H,29,30,31). The van der Waals surface area contributed by atoms with Gasteiger partial charge in [0.2, 0.25) is 0 Å². The van der Waals surface area contributed by atoms with Crippen molar-refractivity contribution >= 4 is 21.6 Å².